The van der Waals surface area contributed by atoms with E-state index in [0.717, 1.165) is 17.6 Å². The van der Waals surface area contributed by atoms with Crippen LogP contribution in [0.3, 0.4) is 0 Å². The molecule has 0 aliphatic heterocycles. The summed E-state index contributed by atoms with van der Waals surface area (Å²) in [4.78, 5) is 35.3. The Morgan fingerprint density at radius 1 is 0.935 bits per heavy atom. The van der Waals surface area contributed by atoms with Crippen LogP contribution in [0.25, 0.3) is 0 Å². The summed E-state index contributed by atoms with van der Waals surface area (Å²) in [5.41, 5.74) is 2.00. The van der Waals surface area contributed by atoms with E-state index in [-0.39, 0.29) is 16.9 Å². The topological polar surface area (TPSA) is 87.3 Å². The van der Waals surface area contributed by atoms with Crippen molar-refractivity contribution in [1.29, 1.82) is 0 Å². The molecule has 0 atom stereocenters. The molecule has 164 valence electrons. The molecule has 10 heteroatoms. The van der Waals surface area contributed by atoms with E-state index in [4.69, 9.17) is 0 Å². The first-order chi connectivity index (χ1) is 15.0. The Kier molecular flexibility index (Phi) is 13.4. The quantitative estimate of drug-likeness (QED) is 0.294. The number of nitrogens with one attached hydrogen (secondary N) is 3. The van der Waals surface area contributed by atoms with E-state index in [9.17, 15) is 14.4 Å². The molecule has 0 saturated carbocycles. The van der Waals surface area contributed by atoms with Crippen molar-refractivity contribution >= 4 is 75.0 Å². The summed E-state index contributed by atoms with van der Waals surface area (Å²) in [6.07, 6.45) is 1.90. The summed E-state index contributed by atoms with van der Waals surface area (Å²) in [7, 11) is 3.41. The summed E-state index contributed by atoms with van der Waals surface area (Å²) >= 11 is 8.14. The molecule has 2 amide bonds. The van der Waals surface area contributed by atoms with Gasteiger partial charge in [0.1, 0.15) is 0 Å². The average molecular weight is 494 g/mol. The zero-order valence-electron chi connectivity index (χ0n) is 17.2. The van der Waals surface area contributed by atoms with E-state index in [1.165, 1.54) is 28.2 Å². The molecule has 2 aromatic rings. The minimum Gasteiger partial charge on any atom is -0.388 e. The van der Waals surface area contributed by atoms with Crippen molar-refractivity contribution in [3.05, 3.63) is 76.0 Å². The first-order valence-corrected chi connectivity index (χ1v) is 12.3. The van der Waals surface area contributed by atoms with Crippen LogP contribution in [0.15, 0.2) is 64.9 Å². The van der Waals surface area contributed by atoms with Gasteiger partial charge in [-0.1, -0.05) is 42.2 Å². The summed E-state index contributed by atoms with van der Waals surface area (Å²) in [6.45, 7) is 0. The number of thioether (sulfide) groups is 2. The lowest BCUT2D eigenvalue weighted by atomic mass is 10.2. The fraction of sp³-hybridized carbons (Fsp3) is 0.143. The van der Waals surface area contributed by atoms with Crippen LogP contribution in [0.1, 0.15) is 20.7 Å². The minimum atomic E-state index is -0.282. The highest BCUT2D eigenvalue weighted by molar-refractivity contribution is 8.24. The Hall–Kier alpha value is -2.27. The Morgan fingerprint density at radius 3 is 2.10 bits per heavy atom. The number of hydrogen-bond donors (Lipinski definition) is 3. The molecule has 0 radical (unpaired) electrons. The second-order valence-corrected chi connectivity index (χ2v) is 8.46. The number of anilines is 1. The van der Waals surface area contributed by atoms with E-state index in [0.29, 0.717) is 16.0 Å². The van der Waals surface area contributed by atoms with Gasteiger partial charge in [-0.2, -0.15) is 0 Å². The Morgan fingerprint density at radius 2 is 1.58 bits per heavy atom. The first-order valence-electron chi connectivity index (χ1n) is 8.86. The molecule has 0 aromatic heterocycles. The van der Waals surface area contributed by atoms with Crippen LogP contribution in [0.4, 0.5) is 5.69 Å². The van der Waals surface area contributed by atoms with Gasteiger partial charge in [-0.25, -0.2) is 0 Å². The highest BCUT2D eigenvalue weighted by atomic mass is 32.2. The molecular formula is C21H23N3O3S4. The van der Waals surface area contributed by atoms with Gasteiger partial charge in [0.05, 0.1) is 4.91 Å². The van der Waals surface area contributed by atoms with E-state index in [2.05, 4.69) is 27.6 Å². The number of hydrogen-bond acceptors (Lipinski definition) is 8. The van der Waals surface area contributed by atoms with Crippen molar-refractivity contribution < 1.29 is 14.4 Å². The van der Waals surface area contributed by atoms with Gasteiger partial charge in [-0.3, -0.25) is 19.1 Å². The van der Waals surface area contributed by atoms with E-state index < -0.39 is 0 Å². The van der Waals surface area contributed by atoms with Crippen molar-refractivity contribution in [3.63, 3.8) is 0 Å². The molecule has 6 nitrogen and oxygen atoms in total. The molecule has 0 spiro atoms. The minimum absolute atomic E-state index is 0.0922. The average Bonchev–Trinajstić information content (AvgIpc) is 2.82. The number of carbonyl (C=O) groups is 3. The monoisotopic (exact) mass is 493 g/mol. The van der Waals surface area contributed by atoms with Gasteiger partial charge in [0.25, 0.3) is 11.8 Å². The van der Waals surface area contributed by atoms with Gasteiger partial charge in [0, 0.05) is 47.6 Å². The molecule has 0 bridgehead atoms. The predicted molar refractivity (Wildman–Crippen MR) is 139 cm³/mol. The van der Waals surface area contributed by atoms with Gasteiger partial charge in [0.2, 0.25) is 5.12 Å². The molecule has 2 aromatic carbocycles. The normalized spacial score (nSPS) is 10.2. The molecule has 0 heterocycles. The summed E-state index contributed by atoms with van der Waals surface area (Å²) in [6, 6.07) is 15.8. The first kappa shape index (κ1) is 26.8. The second-order valence-electron chi connectivity index (χ2n) is 5.53. The smallest absolute Gasteiger partial charge is 0.261 e. The molecule has 0 aliphatic rings. The summed E-state index contributed by atoms with van der Waals surface area (Å²) in [5, 5.41) is 7.08. The van der Waals surface area contributed by atoms with E-state index in [1.54, 1.807) is 48.9 Å². The fourth-order valence-corrected chi connectivity index (χ4v) is 4.00. The predicted octanol–water partition coefficient (Wildman–Crippen LogP) is 4.57. The van der Waals surface area contributed by atoms with Crippen LogP contribution in [0.5, 0.6) is 0 Å². The maximum atomic E-state index is 11.9. The van der Waals surface area contributed by atoms with Crippen LogP contribution in [0, 0.1) is 0 Å². The molecule has 2 rings (SSSR count). The van der Waals surface area contributed by atoms with Gasteiger partial charge in [-0.05, 0) is 48.1 Å². The van der Waals surface area contributed by atoms with Gasteiger partial charge in [-0.15, -0.1) is 11.8 Å². The number of benzene rings is 2. The van der Waals surface area contributed by atoms with Crippen molar-refractivity contribution in [2.24, 2.45) is 0 Å². The van der Waals surface area contributed by atoms with E-state index >= 15 is 0 Å². The maximum absolute atomic E-state index is 11.9. The number of amides is 2. The number of carbonyl (C=O) groups excluding carboxylic acids is 3. The molecule has 0 unspecified atom stereocenters. The van der Waals surface area contributed by atoms with Crippen LogP contribution in [-0.4, -0.2) is 42.0 Å². The summed E-state index contributed by atoms with van der Waals surface area (Å²) < 4.78 is 4.01. The van der Waals surface area contributed by atoms with Crippen LogP contribution >= 0.6 is 47.7 Å². The van der Waals surface area contributed by atoms with Crippen LogP contribution in [-0.2, 0) is 4.79 Å². The SMILES string of the molecule is CNC(=O)/C(=C/SC)SC=S.CNc1ccc(C(=O)SNC(=O)c2ccccc2)cc1. The highest BCUT2D eigenvalue weighted by Crippen LogP contribution is 2.16. The van der Waals surface area contributed by atoms with Crippen molar-refractivity contribution in [1.82, 2.24) is 10.0 Å². The molecule has 3 N–H and O–H groups in total. The third-order valence-corrected chi connectivity index (χ3v) is 5.80. The van der Waals surface area contributed by atoms with Crippen molar-refractivity contribution in [2.45, 2.75) is 0 Å². The van der Waals surface area contributed by atoms with Crippen LogP contribution in [0.2, 0.25) is 0 Å². The van der Waals surface area contributed by atoms with Crippen molar-refractivity contribution in [2.75, 3.05) is 25.7 Å². The molecule has 0 aliphatic carbocycles. The number of likely N-dealkylation sites (N-methyl/N-ethyl adjacent to an activating group) is 1. The Labute approximate surface area is 200 Å². The molecular weight excluding hydrogens is 471 g/mol. The summed E-state index contributed by atoms with van der Waals surface area (Å²) in [5.74, 6) is -0.374. The lowest BCUT2D eigenvalue weighted by Gasteiger charge is -2.04. The lowest BCUT2D eigenvalue weighted by Crippen LogP contribution is -2.18. The zero-order chi connectivity index (χ0) is 23.1. The molecule has 0 fully saturated rings. The highest BCUT2D eigenvalue weighted by Gasteiger charge is 2.10. The zero-order valence-corrected chi connectivity index (χ0v) is 20.5. The van der Waals surface area contributed by atoms with Gasteiger partial charge in [0.15, 0.2) is 0 Å². The number of rotatable bonds is 7. The van der Waals surface area contributed by atoms with E-state index in [1.807, 2.05) is 31.5 Å². The second kappa shape index (κ2) is 15.5. The largest absolute Gasteiger partial charge is 0.388 e. The van der Waals surface area contributed by atoms with Gasteiger partial charge < -0.3 is 10.6 Å². The van der Waals surface area contributed by atoms with Gasteiger partial charge >= 0.3 is 0 Å². The lowest BCUT2D eigenvalue weighted by molar-refractivity contribution is -0.116. The third-order valence-electron chi connectivity index (χ3n) is 3.53. The number of thiocarbonyl (C=S) groups is 1. The Bertz CT molecular complexity index is 904. The molecule has 31 heavy (non-hydrogen) atoms. The maximum Gasteiger partial charge on any atom is 0.261 e. The van der Waals surface area contributed by atoms with Crippen LogP contribution < -0.4 is 15.4 Å². The fourth-order valence-electron chi connectivity index (χ4n) is 1.99. The Balaban J connectivity index is 0.000000373. The third kappa shape index (κ3) is 10.1. The van der Waals surface area contributed by atoms with Crippen molar-refractivity contribution in [3.8, 4) is 0 Å². The molecule has 0 saturated heterocycles. The standard InChI is InChI=1S/C15H14N2O2S.C6H9NOS3/c1-16-13-9-7-12(8-10-13)15(19)20-17-14(18)11-5-3-2-4-6-11;1-7-6(8)5(3-10-2)11-4-9/h2-10,16H,1H3,(H,17,18);3-4H,1-2H3,(H,7,8)/b;5-3-.